The van der Waals surface area contributed by atoms with Crippen LogP contribution >= 0.6 is 0 Å². The van der Waals surface area contributed by atoms with Crippen LogP contribution in [0.15, 0.2) is 0 Å². The number of ether oxygens (including phenoxy) is 1. The fraction of sp³-hybridized carbons (Fsp3) is 1.00. The van der Waals surface area contributed by atoms with Gasteiger partial charge in [0.05, 0.1) is 13.2 Å². The van der Waals surface area contributed by atoms with E-state index in [4.69, 9.17) is 10.5 Å². The number of nitrogens with two attached hydrogens (primary N) is 1. The van der Waals surface area contributed by atoms with Crippen molar-refractivity contribution in [1.82, 2.24) is 5.32 Å². The van der Waals surface area contributed by atoms with Crippen LogP contribution in [0, 0.1) is 23.7 Å². The minimum Gasteiger partial charge on any atom is -0.379 e. The molecule has 96 valence electrons. The molecule has 0 aromatic heterocycles. The molecule has 1 aliphatic heterocycles. The summed E-state index contributed by atoms with van der Waals surface area (Å²) in [7, 11) is 0. The zero-order chi connectivity index (χ0) is 12.1. The minimum absolute atomic E-state index is 0.226. The normalized spacial score (nSPS) is 26.2. The molecule has 16 heavy (non-hydrogen) atoms. The molecule has 0 aromatic carbocycles. The van der Waals surface area contributed by atoms with E-state index < -0.39 is 0 Å². The van der Waals surface area contributed by atoms with Crippen LogP contribution in [0.3, 0.4) is 0 Å². The molecule has 2 unspecified atom stereocenters. The quantitative estimate of drug-likeness (QED) is 0.724. The Morgan fingerprint density at radius 2 is 1.81 bits per heavy atom. The molecular formula is C13H28N2O. The summed E-state index contributed by atoms with van der Waals surface area (Å²) in [5.41, 5.74) is 5.95. The highest BCUT2D eigenvalue weighted by molar-refractivity contribution is 4.80. The van der Waals surface area contributed by atoms with E-state index in [-0.39, 0.29) is 6.04 Å². The van der Waals surface area contributed by atoms with Crippen molar-refractivity contribution in [2.24, 2.45) is 29.4 Å². The summed E-state index contributed by atoms with van der Waals surface area (Å²) in [4.78, 5) is 0. The SMILES string of the molecule is CC(C)C(CNCC1COCC1N)C(C)C. The van der Waals surface area contributed by atoms with Crippen LogP contribution in [0.2, 0.25) is 0 Å². The van der Waals surface area contributed by atoms with Gasteiger partial charge in [-0.2, -0.15) is 0 Å². The highest BCUT2D eigenvalue weighted by Gasteiger charge is 2.25. The second kappa shape index (κ2) is 6.58. The molecule has 0 bridgehead atoms. The van der Waals surface area contributed by atoms with Gasteiger partial charge in [-0.15, -0.1) is 0 Å². The first-order valence-corrected chi connectivity index (χ1v) is 6.56. The Kier molecular flexibility index (Phi) is 5.73. The van der Waals surface area contributed by atoms with Crippen molar-refractivity contribution in [3.8, 4) is 0 Å². The molecule has 0 spiro atoms. The Hall–Kier alpha value is -0.120. The van der Waals surface area contributed by atoms with Gasteiger partial charge in [0.2, 0.25) is 0 Å². The molecule has 0 amide bonds. The molecule has 3 nitrogen and oxygen atoms in total. The van der Waals surface area contributed by atoms with E-state index in [0.717, 1.165) is 44.1 Å². The Balaban J connectivity index is 2.22. The zero-order valence-corrected chi connectivity index (χ0v) is 11.2. The predicted octanol–water partition coefficient (Wildman–Crippen LogP) is 1.48. The number of nitrogens with one attached hydrogen (secondary N) is 1. The van der Waals surface area contributed by atoms with Gasteiger partial charge in [-0.05, 0) is 24.3 Å². The molecule has 0 saturated carbocycles. The molecule has 1 heterocycles. The second-order valence-corrected chi connectivity index (χ2v) is 5.77. The van der Waals surface area contributed by atoms with Gasteiger partial charge in [-0.1, -0.05) is 27.7 Å². The molecule has 1 aliphatic rings. The summed E-state index contributed by atoms with van der Waals surface area (Å²) in [6.07, 6.45) is 0. The van der Waals surface area contributed by atoms with Crippen molar-refractivity contribution < 1.29 is 4.74 Å². The smallest absolute Gasteiger partial charge is 0.0621 e. The number of rotatable bonds is 6. The van der Waals surface area contributed by atoms with Crippen LogP contribution in [-0.4, -0.2) is 32.3 Å². The summed E-state index contributed by atoms with van der Waals surface area (Å²) in [5, 5.41) is 3.56. The maximum atomic E-state index is 5.95. The van der Waals surface area contributed by atoms with E-state index in [0.29, 0.717) is 5.92 Å². The number of hydrogen-bond donors (Lipinski definition) is 2. The van der Waals surface area contributed by atoms with E-state index in [1.807, 2.05) is 0 Å². The molecule has 0 radical (unpaired) electrons. The monoisotopic (exact) mass is 228 g/mol. The van der Waals surface area contributed by atoms with Crippen molar-refractivity contribution >= 4 is 0 Å². The molecule has 1 rings (SSSR count). The Labute approximate surface area is 100 Å². The second-order valence-electron chi connectivity index (χ2n) is 5.77. The van der Waals surface area contributed by atoms with Gasteiger partial charge in [0.25, 0.3) is 0 Å². The first-order chi connectivity index (χ1) is 7.52. The standard InChI is InChI=1S/C13H28N2O/c1-9(2)12(10(3)4)6-15-5-11-7-16-8-13(11)14/h9-13,15H,5-8,14H2,1-4H3. The van der Waals surface area contributed by atoms with E-state index in [9.17, 15) is 0 Å². The molecule has 3 heteroatoms. The minimum atomic E-state index is 0.226. The Morgan fingerprint density at radius 1 is 1.19 bits per heavy atom. The van der Waals surface area contributed by atoms with E-state index in [1.165, 1.54) is 0 Å². The third kappa shape index (κ3) is 4.04. The molecule has 3 N–H and O–H groups in total. The molecular weight excluding hydrogens is 200 g/mol. The van der Waals surface area contributed by atoms with Crippen LogP contribution in [0.4, 0.5) is 0 Å². The van der Waals surface area contributed by atoms with E-state index in [1.54, 1.807) is 0 Å². The first kappa shape index (κ1) is 13.9. The van der Waals surface area contributed by atoms with Gasteiger partial charge >= 0.3 is 0 Å². The largest absolute Gasteiger partial charge is 0.379 e. The maximum Gasteiger partial charge on any atom is 0.0621 e. The fourth-order valence-corrected chi connectivity index (χ4v) is 2.50. The van der Waals surface area contributed by atoms with Crippen LogP contribution in [0.1, 0.15) is 27.7 Å². The average Bonchev–Trinajstić information content (AvgIpc) is 2.57. The Morgan fingerprint density at radius 3 is 2.25 bits per heavy atom. The zero-order valence-electron chi connectivity index (χ0n) is 11.2. The number of hydrogen-bond acceptors (Lipinski definition) is 3. The van der Waals surface area contributed by atoms with Crippen LogP contribution in [0.5, 0.6) is 0 Å². The highest BCUT2D eigenvalue weighted by Crippen LogP contribution is 2.19. The topological polar surface area (TPSA) is 47.3 Å². The molecule has 2 atom stereocenters. The lowest BCUT2D eigenvalue weighted by molar-refractivity contribution is 0.182. The van der Waals surface area contributed by atoms with Gasteiger partial charge in [0, 0.05) is 18.5 Å². The van der Waals surface area contributed by atoms with Gasteiger partial charge in [0.1, 0.15) is 0 Å². The van der Waals surface area contributed by atoms with Crippen LogP contribution in [-0.2, 0) is 4.74 Å². The highest BCUT2D eigenvalue weighted by atomic mass is 16.5. The van der Waals surface area contributed by atoms with Crippen molar-refractivity contribution in [3.63, 3.8) is 0 Å². The van der Waals surface area contributed by atoms with Crippen molar-refractivity contribution in [1.29, 1.82) is 0 Å². The molecule has 1 fully saturated rings. The van der Waals surface area contributed by atoms with Gasteiger partial charge in [-0.3, -0.25) is 0 Å². The van der Waals surface area contributed by atoms with Crippen molar-refractivity contribution in [3.05, 3.63) is 0 Å². The van der Waals surface area contributed by atoms with Gasteiger partial charge < -0.3 is 15.8 Å². The average molecular weight is 228 g/mol. The van der Waals surface area contributed by atoms with Crippen molar-refractivity contribution in [2.75, 3.05) is 26.3 Å². The summed E-state index contributed by atoms with van der Waals surface area (Å²) in [5.74, 6) is 2.72. The summed E-state index contributed by atoms with van der Waals surface area (Å²) in [6, 6.07) is 0.226. The molecule has 1 saturated heterocycles. The van der Waals surface area contributed by atoms with Gasteiger partial charge in [0.15, 0.2) is 0 Å². The lowest BCUT2D eigenvalue weighted by Gasteiger charge is -2.26. The summed E-state index contributed by atoms with van der Waals surface area (Å²) >= 11 is 0. The lowest BCUT2D eigenvalue weighted by atomic mass is 9.85. The van der Waals surface area contributed by atoms with Gasteiger partial charge in [-0.25, -0.2) is 0 Å². The molecule has 0 aromatic rings. The Bertz CT molecular complexity index is 186. The molecule has 0 aliphatic carbocycles. The first-order valence-electron chi connectivity index (χ1n) is 6.56. The summed E-state index contributed by atoms with van der Waals surface area (Å²) in [6.45, 7) is 12.9. The van der Waals surface area contributed by atoms with Crippen LogP contribution in [0.25, 0.3) is 0 Å². The maximum absolute atomic E-state index is 5.95. The third-order valence-corrected chi connectivity index (χ3v) is 3.75. The predicted molar refractivity (Wildman–Crippen MR) is 68.3 cm³/mol. The van der Waals surface area contributed by atoms with E-state index in [2.05, 4.69) is 33.0 Å². The fourth-order valence-electron chi connectivity index (χ4n) is 2.50. The van der Waals surface area contributed by atoms with Crippen molar-refractivity contribution in [2.45, 2.75) is 33.7 Å². The third-order valence-electron chi connectivity index (χ3n) is 3.75. The summed E-state index contributed by atoms with van der Waals surface area (Å²) < 4.78 is 5.36. The van der Waals surface area contributed by atoms with Crippen LogP contribution < -0.4 is 11.1 Å². The van der Waals surface area contributed by atoms with E-state index >= 15 is 0 Å². The lowest BCUT2D eigenvalue weighted by Crippen LogP contribution is -2.39.